The Kier molecular flexibility index (Phi) is 4.37. The second kappa shape index (κ2) is 6.69. The SMILES string of the molecule is CC(Sc1nnnn1C(C)C)c1nc2scc(-c3ccco3)c2c(=O)[nH]1. The molecule has 1 N–H and O–H groups in total. The standard InChI is InChI=1S/C16H16N6O2S2/c1-8(2)22-16(19-20-21-22)26-9(3)13-17-14(23)12-10(7-25-15(12)18-13)11-5-4-6-24-11/h4-9H,1-3H3,(H,17,18,23). The Labute approximate surface area is 156 Å². The summed E-state index contributed by atoms with van der Waals surface area (Å²) in [5.41, 5.74) is 0.591. The molecule has 0 aliphatic rings. The molecule has 4 aromatic rings. The third-order valence-electron chi connectivity index (χ3n) is 3.87. The molecule has 0 radical (unpaired) electrons. The van der Waals surface area contributed by atoms with Crippen LogP contribution in [0, 0.1) is 0 Å². The molecule has 1 atom stereocenters. The number of hydrogen-bond donors (Lipinski definition) is 1. The van der Waals surface area contributed by atoms with Crippen molar-refractivity contribution in [3.05, 3.63) is 40.0 Å². The van der Waals surface area contributed by atoms with Crippen LogP contribution in [0.4, 0.5) is 0 Å². The molecule has 0 aromatic carbocycles. The van der Waals surface area contributed by atoms with Crippen LogP contribution in [-0.2, 0) is 0 Å². The highest BCUT2D eigenvalue weighted by Gasteiger charge is 2.20. The number of thiophene rings is 1. The molecule has 0 saturated carbocycles. The van der Waals surface area contributed by atoms with Gasteiger partial charge >= 0.3 is 0 Å². The summed E-state index contributed by atoms with van der Waals surface area (Å²) in [6.45, 7) is 5.99. The van der Waals surface area contributed by atoms with Crippen molar-refractivity contribution in [1.29, 1.82) is 0 Å². The van der Waals surface area contributed by atoms with E-state index >= 15 is 0 Å². The smallest absolute Gasteiger partial charge is 0.260 e. The van der Waals surface area contributed by atoms with E-state index < -0.39 is 0 Å². The third-order valence-corrected chi connectivity index (χ3v) is 5.80. The maximum atomic E-state index is 12.7. The Morgan fingerprint density at radius 2 is 2.19 bits per heavy atom. The number of nitrogens with zero attached hydrogens (tertiary/aromatic N) is 5. The van der Waals surface area contributed by atoms with Gasteiger partial charge in [-0.15, -0.1) is 16.4 Å². The lowest BCUT2D eigenvalue weighted by Gasteiger charge is -2.11. The van der Waals surface area contributed by atoms with Gasteiger partial charge in [-0.25, -0.2) is 9.67 Å². The second-order valence-electron chi connectivity index (χ2n) is 6.02. The Hall–Kier alpha value is -2.46. The van der Waals surface area contributed by atoms with Gasteiger partial charge in [0.05, 0.1) is 22.9 Å². The fraction of sp³-hybridized carbons (Fsp3) is 0.312. The topological polar surface area (TPSA) is 102 Å². The summed E-state index contributed by atoms with van der Waals surface area (Å²) in [5, 5.41) is 14.8. The zero-order valence-electron chi connectivity index (χ0n) is 14.3. The first-order valence-corrected chi connectivity index (χ1v) is 9.80. The molecular formula is C16H16N6O2S2. The Bertz CT molecular complexity index is 1100. The minimum atomic E-state index is -0.173. The van der Waals surface area contributed by atoms with E-state index in [0.717, 1.165) is 5.56 Å². The van der Waals surface area contributed by atoms with Crippen LogP contribution in [0.15, 0.2) is 38.1 Å². The number of fused-ring (bicyclic) bond motifs is 1. The van der Waals surface area contributed by atoms with Gasteiger partial charge in [0.2, 0.25) is 5.16 Å². The molecule has 26 heavy (non-hydrogen) atoms. The van der Waals surface area contributed by atoms with Gasteiger partial charge in [0, 0.05) is 10.9 Å². The van der Waals surface area contributed by atoms with E-state index in [4.69, 9.17) is 4.42 Å². The van der Waals surface area contributed by atoms with Crippen LogP contribution in [0.3, 0.4) is 0 Å². The van der Waals surface area contributed by atoms with Crippen molar-refractivity contribution in [2.75, 3.05) is 0 Å². The highest BCUT2D eigenvalue weighted by molar-refractivity contribution is 7.99. The quantitative estimate of drug-likeness (QED) is 0.520. The molecule has 1 unspecified atom stereocenters. The number of nitrogens with one attached hydrogen (secondary N) is 1. The Morgan fingerprint density at radius 3 is 2.92 bits per heavy atom. The fourth-order valence-corrected chi connectivity index (χ4v) is 4.49. The van der Waals surface area contributed by atoms with Crippen molar-refractivity contribution in [3.63, 3.8) is 0 Å². The summed E-state index contributed by atoms with van der Waals surface area (Å²) in [5.74, 6) is 1.26. The summed E-state index contributed by atoms with van der Waals surface area (Å²) in [6.07, 6.45) is 1.59. The van der Waals surface area contributed by atoms with Crippen molar-refractivity contribution in [1.82, 2.24) is 30.2 Å². The van der Waals surface area contributed by atoms with E-state index in [1.807, 2.05) is 32.2 Å². The predicted molar refractivity (Wildman–Crippen MR) is 100 cm³/mol. The number of thioether (sulfide) groups is 1. The number of aromatic nitrogens is 6. The monoisotopic (exact) mass is 388 g/mol. The molecule has 8 nitrogen and oxygen atoms in total. The zero-order valence-corrected chi connectivity index (χ0v) is 16.0. The van der Waals surface area contributed by atoms with Gasteiger partial charge in [-0.05, 0) is 43.3 Å². The number of furan rings is 1. The van der Waals surface area contributed by atoms with Gasteiger partial charge in [-0.2, -0.15) is 0 Å². The zero-order chi connectivity index (χ0) is 18.3. The van der Waals surface area contributed by atoms with Crippen LogP contribution in [0.25, 0.3) is 21.5 Å². The van der Waals surface area contributed by atoms with E-state index in [-0.39, 0.29) is 16.9 Å². The molecule has 134 valence electrons. The number of H-pyrrole nitrogens is 1. The lowest BCUT2D eigenvalue weighted by atomic mass is 10.2. The van der Waals surface area contributed by atoms with E-state index in [9.17, 15) is 4.79 Å². The van der Waals surface area contributed by atoms with Crippen molar-refractivity contribution < 1.29 is 4.42 Å². The van der Waals surface area contributed by atoms with E-state index in [0.29, 0.717) is 27.0 Å². The lowest BCUT2D eigenvalue weighted by molar-refractivity contribution is 0.477. The normalized spacial score (nSPS) is 12.9. The van der Waals surface area contributed by atoms with Crippen molar-refractivity contribution in [3.8, 4) is 11.3 Å². The van der Waals surface area contributed by atoms with Gasteiger partial charge in [0.1, 0.15) is 16.4 Å². The summed E-state index contributed by atoms with van der Waals surface area (Å²) < 4.78 is 7.17. The molecule has 0 amide bonds. The highest BCUT2D eigenvalue weighted by atomic mass is 32.2. The van der Waals surface area contributed by atoms with Crippen molar-refractivity contribution in [2.45, 2.75) is 37.2 Å². The summed E-state index contributed by atoms with van der Waals surface area (Å²) >= 11 is 2.89. The minimum absolute atomic E-state index is 0.107. The molecule has 4 aromatic heterocycles. The number of hydrogen-bond acceptors (Lipinski definition) is 8. The fourth-order valence-electron chi connectivity index (χ4n) is 2.57. The molecule has 0 bridgehead atoms. The van der Waals surface area contributed by atoms with Gasteiger partial charge in [0.15, 0.2) is 0 Å². The van der Waals surface area contributed by atoms with Crippen molar-refractivity contribution in [2.24, 2.45) is 0 Å². The molecule has 0 spiro atoms. The van der Waals surface area contributed by atoms with Crippen LogP contribution in [0.5, 0.6) is 0 Å². The highest BCUT2D eigenvalue weighted by Crippen LogP contribution is 2.35. The Balaban J connectivity index is 1.69. The minimum Gasteiger partial charge on any atom is -0.464 e. The summed E-state index contributed by atoms with van der Waals surface area (Å²) in [7, 11) is 0. The average molecular weight is 388 g/mol. The lowest BCUT2D eigenvalue weighted by Crippen LogP contribution is -2.13. The van der Waals surface area contributed by atoms with Gasteiger partial charge in [-0.1, -0.05) is 11.8 Å². The average Bonchev–Trinajstić information content (AvgIpc) is 3.34. The predicted octanol–water partition coefficient (Wildman–Crippen LogP) is 3.67. The van der Waals surface area contributed by atoms with E-state index in [1.165, 1.54) is 23.1 Å². The molecular weight excluding hydrogens is 372 g/mol. The molecule has 0 aliphatic carbocycles. The van der Waals surface area contributed by atoms with Gasteiger partial charge in [-0.3, -0.25) is 4.79 Å². The maximum absolute atomic E-state index is 12.7. The van der Waals surface area contributed by atoms with Crippen molar-refractivity contribution >= 4 is 33.3 Å². The first-order valence-electron chi connectivity index (χ1n) is 8.04. The molecule has 4 rings (SSSR count). The maximum Gasteiger partial charge on any atom is 0.260 e. The molecule has 4 heterocycles. The third kappa shape index (κ3) is 2.95. The van der Waals surface area contributed by atoms with Crippen LogP contribution < -0.4 is 5.56 Å². The summed E-state index contributed by atoms with van der Waals surface area (Å²) in [4.78, 5) is 20.9. The second-order valence-corrected chi connectivity index (χ2v) is 8.18. The first kappa shape index (κ1) is 17.0. The molecule has 10 heteroatoms. The molecule has 0 fully saturated rings. The number of aromatic amines is 1. The van der Waals surface area contributed by atoms with Gasteiger partial charge in [0.25, 0.3) is 5.56 Å². The van der Waals surface area contributed by atoms with Crippen LogP contribution in [-0.4, -0.2) is 30.2 Å². The van der Waals surface area contributed by atoms with Crippen LogP contribution in [0.1, 0.15) is 37.9 Å². The largest absolute Gasteiger partial charge is 0.464 e. The summed E-state index contributed by atoms with van der Waals surface area (Å²) in [6, 6.07) is 3.79. The first-order chi connectivity index (χ1) is 12.5. The molecule has 0 saturated heterocycles. The van der Waals surface area contributed by atoms with Crippen LogP contribution >= 0.6 is 23.1 Å². The molecule has 0 aliphatic heterocycles. The van der Waals surface area contributed by atoms with Gasteiger partial charge < -0.3 is 9.40 Å². The van der Waals surface area contributed by atoms with E-state index in [2.05, 4.69) is 25.5 Å². The Morgan fingerprint density at radius 1 is 1.35 bits per heavy atom. The number of tetrazole rings is 1. The number of rotatable bonds is 5. The van der Waals surface area contributed by atoms with E-state index in [1.54, 1.807) is 17.0 Å². The van der Waals surface area contributed by atoms with Crippen LogP contribution in [0.2, 0.25) is 0 Å².